The molecule has 0 aromatic heterocycles. The van der Waals surface area contributed by atoms with Crippen LogP contribution in [0.4, 0.5) is 0 Å². The number of nitrogens with two attached hydrogens (primary N) is 1. The lowest BCUT2D eigenvalue weighted by Gasteiger charge is -2.22. The van der Waals surface area contributed by atoms with Crippen LogP contribution in [0.15, 0.2) is 30.3 Å². The molecule has 1 rings (SSSR count). The number of rotatable bonds is 6. The number of carboxylic acid groups (broad SMARTS) is 1. The van der Waals surface area contributed by atoms with Gasteiger partial charge in [0.2, 0.25) is 0 Å². The maximum Gasteiger partial charge on any atom is 0.330 e. The monoisotopic (exact) mass is 251 g/mol. The van der Waals surface area contributed by atoms with Crippen LogP contribution in [0.5, 0.6) is 0 Å². The first-order chi connectivity index (χ1) is 8.44. The van der Waals surface area contributed by atoms with Crippen molar-refractivity contribution in [3.05, 3.63) is 35.9 Å². The molecule has 0 heterocycles. The highest BCUT2D eigenvalue weighted by Crippen LogP contribution is 2.19. The second-order valence-electron chi connectivity index (χ2n) is 4.20. The van der Waals surface area contributed by atoms with Crippen LogP contribution >= 0.6 is 0 Å². The average Bonchev–Trinajstić information content (AvgIpc) is 2.35. The van der Waals surface area contributed by atoms with Crippen molar-refractivity contribution in [1.82, 2.24) is 0 Å². The van der Waals surface area contributed by atoms with Gasteiger partial charge in [0.1, 0.15) is 5.54 Å². The van der Waals surface area contributed by atoms with Gasteiger partial charge >= 0.3 is 11.9 Å². The van der Waals surface area contributed by atoms with Crippen LogP contribution in [-0.4, -0.2) is 23.7 Å². The molecular formula is C13H17NO4. The van der Waals surface area contributed by atoms with E-state index in [1.54, 1.807) is 31.2 Å². The van der Waals surface area contributed by atoms with Gasteiger partial charge in [-0.2, -0.15) is 0 Å². The van der Waals surface area contributed by atoms with E-state index >= 15 is 0 Å². The Hall–Kier alpha value is -1.88. The van der Waals surface area contributed by atoms with E-state index in [4.69, 9.17) is 15.6 Å². The largest absolute Gasteiger partial charge is 0.481 e. The Bertz CT molecular complexity index is 414. The first-order valence-electron chi connectivity index (χ1n) is 5.68. The van der Waals surface area contributed by atoms with Crippen LogP contribution < -0.4 is 5.73 Å². The van der Waals surface area contributed by atoms with Gasteiger partial charge < -0.3 is 15.6 Å². The SMILES string of the molecule is CC(N)(C(=O)OCCCC(=O)O)c1ccccc1. The molecule has 0 saturated heterocycles. The molecule has 5 nitrogen and oxygen atoms in total. The van der Waals surface area contributed by atoms with Crippen LogP contribution in [0.25, 0.3) is 0 Å². The summed E-state index contributed by atoms with van der Waals surface area (Å²) in [5, 5.41) is 8.45. The van der Waals surface area contributed by atoms with E-state index in [9.17, 15) is 9.59 Å². The molecule has 0 fully saturated rings. The Morgan fingerprint density at radius 2 is 1.94 bits per heavy atom. The summed E-state index contributed by atoms with van der Waals surface area (Å²) in [4.78, 5) is 22.1. The average molecular weight is 251 g/mol. The second kappa shape index (κ2) is 6.16. The highest BCUT2D eigenvalue weighted by molar-refractivity contribution is 5.81. The Kier molecular flexibility index (Phi) is 4.85. The lowest BCUT2D eigenvalue weighted by Crippen LogP contribution is -2.43. The third kappa shape index (κ3) is 3.85. The topological polar surface area (TPSA) is 89.6 Å². The van der Waals surface area contributed by atoms with Crippen molar-refractivity contribution in [2.75, 3.05) is 6.61 Å². The zero-order chi connectivity index (χ0) is 13.6. The predicted molar refractivity (Wildman–Crippen MR) is 65.8 cm³/mol. The summed E-state index contributed by atoms with van der Waals surface area (Å²) in [5.74, 6) is -1.47. The zero-order valence-corrected chi connectivity index (χ0v) is 10.3. The summed E-state index contributed by atoms with van der Waals surface area (Å²) < 4.78 is 4.98. The third-order valence-electron chi connectivity index (χ3n) is 2.57. The molecule has 18 heavy (non-hydrogen) atoms. The van der Waals surface area contributed by atoms with Crippen molar-refractivity contribution in [2.24, 2.45) is 5.73 Å². The molecule has 5 heteroatoms. The number of ether oxygens (including phenoxy) is 1. The number of carbonyl (C=O) groups is 2. The molecule has 0 aliphatic heterocycles. The quantitative estimate of drug-likeness (QED) is 0.587. The molecule has 98 valence electrons. The van der Waals surface area contributed by atoms with E-state index in [0.717, 1.165) is 0 Å². The maximum absolute atomic E-state index is 11.8. The fourth-order valence-corrected chi connectivity index (χ4v) is 1.44. The number of benzene rings is 1. The molecule has 1 unspecified atom stereocenters. The number of carboxylic acids is 1. The first-order valence-corrected chi connectivity index (χ1v) is 5.68. The molecular weight excluding hydrogens is 234 g/mol. The highest BCUT2D eigenvalue weighted by Gasteiger charge is 2.31. The van der Waals surface area contributed by atoms with Gasteiger partial charge in [-0.05, 0) is 18.9 Å². The van der Waals surface area contributed by atoms with Gasteiger partial charge in [-0.1, -0.05) is 30.3 Å². The van der Waals surface area contributed by atoms with E-state index in [1.165, 1.54) is 0 Å². The fraction of sp³-hybridized carbons (Fsp3) is 0.385. The minimum absolute atomic E-state index is 0.0279. The van der Waals surface area contributed by atoms with Crippen LogP contribution in [0, 0.1) is 0 Å². The number of hydrogen-bond donors (Lipinski definition) is 2. The first kappa shape index (κ1) is 14.2. The third-order valence-corrected chi connectivity index (χ3v) is 2.57. The Labute approximate surface area is 106 Å². The molecule has 3 N–H and O–H groups in total. The maximum atomic E-state index is 11.8. The molecule has 0 radical (unpaired) electrons. The van der Waals surface area contributed by atoms with Gasteiger partial charge in [-0.25, -0.2) is 4.79 Å². The second-order valence-corrected chi connectivity index (χ2v) is 4.20. The number of carbonyl (C=O) groups excluding carboxylic acids is 1. The van der Waals surface area contributed by atoms with Crippen LogP contribution in [0.1, 0.15) is 25.3 Å². The molecule has 0 aliphatic carbocycles. The summed E-state index contributed by atoms with van der Waals surface area (Å²) in [6, 6.07) is 8.91. The Morgan fingerprint density at radius 3 is 2.50 bits per heavy atom. The molecule has 0 aliphatic rings. The van der Waals surface area contributed by atoms with Crippen molar-refractivity contribution in [1.29, 1.82) is 0 Å². The lowest BCUT2D eigenvalue weighted by molar-refractivity contribution is -0.151. The molecule has 0 spiro atoms. The molecule has 0 bridgehead atoms. The smallest absolute Gasteiger partial charge is 0.330 e. The molecule has 1 aromatic carbocycles. The summed E-state index contributed by atoms with van der Waals surface area (Å²) in [6.45, 7) is 1.63. The van der Waals surface area contributed by atoms with E-state index in [2.05, 4.69) is 0 Å². The standard InChI is InChI=1S/C13H17NO4/c1-13(14,10-6-3-2-4-7-10)12(17)18-9-5-8-11(15)16/h2-4,6-7H,5,8-9,14H2,1H3,(H,15,16). The number of hydrogen-bond acceptors (Lipinski definition) is 4. The minimum Gasteiger partial charge on any atom is -0.481 e. The van der Waals surface area contributed by atoms with Gasteiger partial charge in [0, 0.05) is 6.42 Å². The van der Waals surface area contributed by atoms with Crippen molar-refractivity contribution in [3.63, 3.8) is 0 Å². The van der Waals surface area contributed by atoms with Gasteiger partial charge in [0.05, 0.1) is 6.61 Å². The van der Waals surface area contributed by atoms with E-state index in [0.29, 0.717) is 5.56 Å². The summed E-state index contributed by atoms with van der Waals surface area (Å²) >= 11 is 0. The summed E-state index contributed by atoms with van der Waals surface area (Å²) in [6.07, 6.45) is 0.256. The van der Waals surface area contributed by atoms with Crippen LogP contribution in [0.3, 0.4) is 0 Å². The van der Waals surface area contributed by atoms with Crippen molar-refractivity contribution in [2.45, 2.75) is 25.3 Å². The molecule has 0 amide bonds. The number of esters is 1. The number of aliphatic carboxylic acids is 1. The van der Waals surface area contributed by atoms with Gasteiger partial charge in [0.15, 0.2) is 0 Å². The normalized spacial score (nSPS) is 13.7. The predicted octanol–water partition coefficient (Wildman–Crippen LogP) is 1.27. The lowest BCUT2D eigenvalue weighted by atomic mass is 9.93. The van der Waals surface area contributed by atoms with Crippen molar-refractivity contribution < 1.29 is 19.4 Å². The molecule has 1 aromatic rings. The van der Waals surface area contributed by atoms with Gasteiger partial charge in [0.25, 0.3) is 0 Å². The Balaban J connectivity index is 2.52. The van der Waals surface area contributed by atoms with Gasteiger partial charge in [-0.3, -0.25) is 4.79 Å². The van der Waals surface area contributed by atoms with E-state index in [1.807, 2.05) is 6.07 Å². The minimum atomic E-state index is -1.22. The molecule has 1 atom stereocenters. The van der Waals surface area contributed by atoms with Gasteiger partial charge in [-0.15, -0.1) is 0 Å². The van der Waals surface area contributed by atoms with E-state index < -0.39 is 17.5 Å². The van der Waals surface area contributed by atoms with Crippen molar-refractivity contribution in [3.8, 4) is 0 Å². The van der Waals surface area contributed by atoms with Crippen LogP contribution in [-0.2, 0) is 19.9 Å². The zero-order valence-electron chi connectivity index (χ0n) is 10.3. The Morgan fingerprint density at radius 1 is 1.33 bits per heavy atom. The summed E-state index contributed by atoms with van der Waals surface area (Å²) in [5.41, 5.74) is 5.38. The molecule has 0 saturated carbocycles. The van der Waals surface area contributed by atoms with Crippen LogP contribution in [0.2, 0.25) is 0 Å². The highest BCUT2D eigenvalue weighted by atomic mass is 16.5. The van der Waals surface area contributed by atoms with E-state index in [-0.39, 0.29) is 19.4 Å². The summed E-state index contributed by atoms with van der Waals surface area (Å²) in [7, 11) is 0. The van der Waals surface area contributed by atoms with Crippen molar-refractivity contribution >= 4 is 11.9 Å². The fourth-order valence-electron chi connectivity index (χ4n) is 1.44.